The fourth-order valence-corrected chi connectivity index (χ4v) is 3.42. The van der Waals surface area contributed by atoms with Crippen LogP contribution >= 0.6 is 0 Å². The number of rotatable bonds is 7. The molecule has 4 rings (SSSR count). The van der Waals surface area contributed by atoms with E-state index < -0.39 is 5.97 Å². The maximum atomic E-state index is 12.5. The molecule has 158 valence electrons. The highest BCUT2D eigenvalue weighted by molar-refractivity contribution is 5.94. The van der Waals surface area contributed by atoms with Crippen LogP contribution < -0.4 is 10.6 Å². The minimum atomic E-state index is -0.426. The van der Waals surface area contributed by atoms with Gasteiger partial charge in [0.2, 0.25) is 0 Å². The molecule has 1 aliphatic carbocycles. The summed E-state index contributed by atoms with van der Waals surface area (Å²) in [5, 5.41) is 5.61. The lowest BCUT2D eigenvalue weighted by Gasteiger charge is -2.32. The maximum Gasteiger partial charge on any atom is 0.338 e. The van der Waals surface area contributed by atoms with Crippen LogP contribution in [0.4, 0.5) is 10.5 Å². The Morgan fingerprint density at radius 1 is 1.10 bits per heavy atom. The summed E-state index contributed by atoms with van der Waals surface area (Å²) in [7, 11) is 0. The normalized spacial score (nSPS) is 19.1. The topological polar surface area (TPSA) is 79.9 Å². The van der Waals surface area contributed by atoms with Crippen molar-refractivity contribution in [2.45, 2.75) is 31.5 Å². The largest absolute Gasteiger partial charge is 0.459 e. The quantitative estimate of drug-likeness (QED) is 0.687. The van der Waals surface area contributed by atoms with E-state index in [4.69, 9.17) is 9.47 Å². The summed E-state index contributed by atoms with van der Waals surface area (Å²) < 4.78 is 11.2. The summed E-state index contributed by atoms with van der Waals surface area (Å²) in [5.74, 6) is -0.426. The number of ether oxygens (including phenoxy) is 2. The summed E-state index contributed by atoms with van der Waals surface area (Å²) in [4.78, 5) is 26.7. The van der Waals surface area contributed by atoms with Crippen LogP contribution in [0.15, 0.2) is 54.6 Å². The first-order valence-corrected chi connectivity index (χ1v) is 10.4. The highest BCUT2D eigenvalue weighted by Crippen LogP contribution is 2.19. The molecule has 2 aromatic carbocycles. The predicted molar refractivity (Wildman–Crippen MR) is 113 cm³/mol. The van der Waals surface area contributed by atoms with Gasteiger partial charge in [0.05, 0.1) is 12.2 Å². The van der Waals surface area contributed by atoms with E-state index in [9.17, 15) is 9.59 Å². The number of hydrogen-bond donors (Lipinski definition) is 2. The van der Waals surface area contributed by atoms with Crippen LogP contribution in [0.1, 0.15) is 28.8 Å². The number of nitrogens with zero attached hydrogens (tertiary/aromatic N) is 1. The molecule has 1 heterocycles. The first-order chi connectivity index (χ1) is 14.7. The standard InChI is InChI=1S/C23H27N3O4/c27-22(18-7-4-8-20(13-18)25-23(28)24-19-9-10-19)30-16-21-15-26(11-12-29-21)14-17-5-2-1-3-6-17/h1-8,13,19,21H,9-12,14-16H2,(H2,24,25,28). The van der Waals surface area contributed by atoms with Gasteiger partial charge >= 0.3 is 12.0 Å². The van der Waals surface area contributed by atoms with Crippen molar-refractivity contribution in [1.29, 1.82) is 0 Å². The molecule has 0 aromatic heterocycles. The van der Waals surface area contributed by atoms with E-state index in [1.807, 2.05) is 18.2 Å². The third kappa shape index (κ3) is 6.05. The van der Waals surface area contributed by atoms with Crippen molar-refractivity contribution in [3.8, 4) is 0 Å². The Labute approximate surface area is 176 Å². The number of nitrogens with one attached hydrogen (secondary N) is 2. The number of morpholine rings is 1. The molecule has 7 heteroatoms. The lowest BCUT2D eigenvalue weighted by atomic mass is 10.2. The average molecular weight is 409 g/mol. The second-order valence-electron chi connectivity index (χ2n) is 7.77. The fourth-order valence-electron chi connectivity index (χ4n) is 3.42. The Kier molecular flexibility index (Phi) is 6.61. The molecule has 2 N–H and O–H groups in total. The second-order valence-corrected chi connectivity index (χ2v) is 7.77. The summed E-state index contributed by atoms with van der Waals surface area (Å²) in [6.07, 6.45) is 1.88. The first-order valence-electron chi connectivity index (χ1n) is 10.4. The van der Waals surface area contributed by atoms with Crippen molar-refractivity contribution in [1.82, 2.24) is 10.2 Å². The highest BCUT2D eigenvalue weighted by Gasteiger charge is 2.24. The van der Waals surface area contributed by atoms with Crippen LogP contribution in [0.2, 0.25) is 0 Å². The van der Waals surface area contributed by atoms with E-state index in [0.717, 1.165) is 25.9 Å². The molecule has 1 saturated carbocycles. The lowest BCUT2D eigenvalue weighted by Crippen LogP contribution is -2.44. The number of urea groups is 1. The molecule has 1 saturated heterocycles. The number of carbonyl (C=O) groups is 2. The monoisotopic (exact) mass is 409 g/mol. The Balaban J connectivity index is 1.25. The molecule has 2 aliphatic rings. The highest BCUT2D eigenvalue weighted by atomic mass is 16.6. The van der Waals surface area contributed by atoms with Crippen LogP contribution in [-0.2, 0) is 16.0 Å². The maximum absolute atomic E-state index is 12.5. The number of esters is 1. The SMILES string of the molecule is O=C(Nc1cccc(C(=O)OCC2CN(Cc3ccccc3)CCO2)c1)NC1CC1. The number of anilines is 1. The van der Waals surface area contributed by atoms with Gasteiger partial charge in [-0.3, -0.25) is 4.90 Å². The molecule has 0 bridgehead atoms. The molecule has 1 unspecified atom stereocenters. The van der Waals surface area contributed by atoms with Crippen molar-refractivity contribution in [3.05, 3.63) is 65.7 Å². The smallest absolute Gasteiger partial charge is 0.338 e. The van der Waals surface area contributed by atoms with Crippen LogP contribution in [0, 0.1) is 0 Å². The molecule has 2 fully saturated rings. The Morgan fingerprint density at radius 3 is 2.73 bits per heavy atom. The van der Waals surface area contributed by atoms with Crippen molar-refractivity contribution in [2.24, 2.45) is 0 Å². The third-order valence-corrected chi connectivity index (χ3v) is 5.14. The van der Waals surface area contributed by atoms with E-state index in [1.165, 1.54) is 5.56 Å². The van der Waals surface area contributed by atoms with Gasteiger partial charge in [0.15, 0.2) is 0 Å². The number of hydrogen-bond acceptors (Lipinski definition) is 5. The molecule has 1 atom stereocenters. The minimum Gasteiger partial charge on any atom is -0.459 e. The van der Waals surface area contributed by atoms with Gasteiger partial charge in [0.1, 0.15) is 12.7 Å². The predicted octanol–water partition coefficient (Wildman–Crippen LogP) is 3.03. The van der Waals surface area contributed by atoms with Gasteiger partial charge in [-0.05, 0) is 36.6 Å². The average Bonchev–Trinajstić information content (AvgIpc) is 3.57. The zero-order valence-electron chi connectivity index (χ0n) is 16.9. The Morgan fingerprint density at radius 2 is 1.93 bits per heavy atom. The van der Waals surface area contributed by atoms with E-state index >= 15 is 0 Å². The first kappa shape index (κ1) is 20.4. The van der Waals surface area contributed by atoms with E-state index in [0.29, 0.717) is 24.4 Å². The Bertz CT molecular complexity index is 870. The molecule has 0 radical (unpaired) electrons. The molecule has 1 aliphatic heterocycles. The molecular weight excluding hydrogens is 382 g/mol. The molecule has 30 heavy (non-hydrogen) atoms. The van der Waals surface area contributed by atoms with E-state index in [-0.39, 0.29) is 24.8 Å². The van der Waals surface area contributed by atoms with Gasteiger partial charge < -0.3 is 20.1 Å². The van der Waals surface area contributed by atoms with E-state index in [1.54, 1.807) is 24.3 Å². The second kappa shape index (κ2) is 9.73. The number of amides is 2. The molecular formula is C23H27N3O4. The van der Waals surface area contributed by atoms with Crippen molar-refractivity contribution in [3.63, 3.8) is 0 Å². The van der Waals surface area contributed by atoms with Crippen LogP contribution in [-0.4, -0.2) is 55.3 Å². The molecule has 2 aromatic rings. The van der Waals surface area contributed by atoms with Crippen molar-refractivity contribution < 1.29 is 19.1 Å². The van der Waals surface area contributed by atoms with Crippen LogP contribution in [0.3, 0.4) is 0 Å². The van der Waals surface area contributed by atoms with Crippen LogP contribution in [0.5, 0.6) is 0 Å². The van der Waals surface area contributed by atoms with Gasteiger partial charge in [-0.15, -0.1) is 0 Å². The third-order valence-electron chi connectivity index (χ3n) is 5.14. The summed E-state index contributed by atoms with van der Waals surface area (Å²) >= 11 is 0. The van der Waals surface area contributed by atoms with Crippen molar-refractivity contribution in [2.75, 3.05) is 31.6 Å². The lowest BCUT2D eigenvalue weighted by molar-refractivity contribution is -0.0612. The Hall–Kier alpha value is -2.90. The fraction of sp³-hybridized carbons (Fsp3) is 0.391. The molecule has 7 nitrogen and oxygen atoms in total. The molecule has 2 amide bonds. The van der Waals surface area contributed by atoms with Gasteiger partial charge in [-0.2, -0.15) is 0 Å². The van der Waals surface area contributed by atoms with Gasteiger partial charge in [0.25, 0.3) is 0 Å². The van der Waals surface area contributed by atoms with Crippen LogP contribution in [0.25, 0.3) is 0 Å². The van der Waals surface area contributed by atoms with Gasteiger partial charge in [-0.1, -0.05) is 36.4 Å². The summed E-state index contributed by atoms with van der Waals surface area (Å²) in [6, 6.07) is 17.1. The zero-order valence-corrected chi connectivity index (χ0v) is 16.9. The summed E-state index contributed by atoms with van der Waals surface area (Å²) in [6.45, 7) is 3.24. The van der Waals surface area contributed by atoms with E-state index in [2.05, 4.69) is 27.7 Å². The van der Waals surface area contributed by atoms with Crippen molar-refractivity contribution >= 4 is 17.7 Å². The van der Waals surface area contributed by atoms with Gasteiger partial charge in [-0.25, -0.2) is 9.59 Å². The summed E-state index contributed by atoms with van der Waals surface area (Å²) in [5.41, 5.74) is 2.21. The number of carbonyl (C=O) groups excluding carboxylic acids is 2. The minimum absolute atomic E-state index is 0.156. The zero-order chi connectivity index (χ0) is 20.8. The number of benzene rings is 2. The van der Waals surface area contributed by atoms with Gasteiger partial charge in [0, 0.05) is 31.4 Å². The molecule has 0 spiro atoms.